The van der Waals surface area contributed by atoms with Crippen LogP contribution in [0, 0.1) is 11.8 Å². The summed E-state index contributed by atoms with van der Waals surface area (Å²) in [6, 6.07) is -1.33. The molecule has 1 amide bonds. The van der Waals surface area contributed by atoms with Gasteiger partial charge in [-0.05, 0) is 19.3 Å². The number of likely N-dealkylation sites (tertiary alicyclic amines) is 1. The van der Waals surface area contributed by atoms with Gasteiger partial charge in [-0.1, -0.05) is 0 Å². The Labute approximate surface area is 195 Å². The number of halogens is 4. The third-order valence-corrected chi connectivity index (χ3v) is 7.14. The van der Waals surface area contributed by atoms with Crippen LogP contribution in [0.5, 0.6) is 0 Å². The van der Waals surface area contributed by atoms with E-state index >= 15 is 0 Å². The molecule has 1 saturated carbocycles. The minimum Gasteiger partial charge on any atom is -0.390 e. The van der Waals surface area contributed by atoms with Crippen LogP contribution in [-0.4, -0.2) is 105 Å². The molecule has 34 heavy (non-hydrogen) atoms. The van der Waals surface area contributed by atoms with Gasteiger partial charge in [-0.2, -0.15) is 13.2 Å². The highest BCUT2D eigenvalue weighted by atomic mass is 19.4. The number of β-amino-alcohol motifs (C(OH)–C–C–N with tert-alkyl or cyclic N) is 1. The fourth-order valence-electron chi connectivity index (χ4n) is 5.46. The number of hydrazine groups is 1. The number of fused-ring (bicyclic) bond motifs is 1. The Morgan fingerprint density at radius 2 is 2.09 bits per heavy atom. The van der Waals surface area contributed by atoms with E-state index in [1.807, 2.05) is 0 Å². The third kappa shape index (κ3) is 5.97. The number of nitrogens with one attached hydrogen (secondary N) is 5. The molecular formula is C20H33F4N7O3. The Balaban J connectivity index is 1.36. The maximum absolute atomic E-state index is 13.9. The molecule has 0 aromatic carbocycles. The SMILES string of the molecule is COC1CCC(F)CC1CNC(=O)C1NNC2NC=NC(N[C@@H]3CN(CC(F)(F)F)C[C@H]3O)C21. The Hall–Kier alpha value is -1.58. The molecule has 3 heterocycles. The summed E-state index contributed by atoms with van der Waals surface area (Å²) in [6.45, 7) is -0.908. The van der Waals surface area contributed by atoms with Crippen molar-refractivity contribution < 1.29 is 32.2 Å². The van der Waals surface area contributed by atoms with E-state index in [0.29, 0.717) is 19.3 Å². The number of hydrogen-bond donors (Lipinski definition) is 6. The number of aliphatic imine (C=N–C) groups is 1. The number of alkyl halides is 4. The molecule has 0 spiro atoms. The average Bonchev–Trinajstić information content (AvgIpc) is 3.35. The predicted octanol–water partition coefficient (Wildman–Crippen LogP) is -1.17. The Morgan fingerprint density at radius 1 is 1.29 bits per heavy atom. The summed E-state index contributed by atoms with van der Waals surface area (Å²) in [5.74, 6) is -0.855. The van der Waals surface area contributed by atoms with E-state index in [1.165, 1.54) is 6.34 Å². The second kappa shape index (κ2) is 10.6. The molecule has 3 aliphatic heterocycles. The van der Waals surface area contributed by atoms with Crippen molar-refractivity contribution in [1.82, 2.24) is 31.7 Å². The van der Waals surface area contributed by atoms with Crippen LogP contribution < -0.4 is 26.8 Å². The number of nitrogens with zero attached hydrogens (tertiary/aromatic N) is 2. The van der Waals surface area contributed by atoms with Crippen molar-refractivity contribution in [3.05, 3.63) is 0 Å². The fraction of sp³-hybridized carbons (Fsp3) is 0.900. The van der Waals surface area contributed by atoms with E-state index in [4.69, 9.17) is 4.74 Å². The van der Waals surface area contributed by atoms with Crippen LogP contribution in [0.2, 0.25) is 0 Å². The van der Waals surface area contributed by atoms with Gasteiger partial charge in [-0.15, -0.1) is 0 Å². The quantitative estimate of drug-likeness (QED) is 0.245. The molecule has 194 valence electrons. The van der Waals surface area contributed by atoms with Gasteiger partial charge in [0.15, 0.2) is 0 Å². The highest BCUT2D eigenvalue weighted by molar-refractivity contribution is 5.83. The van der Waals surface area contributed by atoms with Crippen LogP contribution >= 0.6 is 0 Å². The van der Waals surface area contributed by atoms with E-state index in [2.05, 4.69) is 31.8 Å². The second-order valence-electron chi connectivity index (χ2n) is 9.55. The van der Waals surface area contributed by atoms with Crippen molar-refractivity contribution in [2.75, 3.05) is 33.3 Å². The van der Waals surface area contributed by atoms with Crippen LogP contribution in [-0.2, 0) is 9.53 Å². The van der Waals surface area contributed by atoms with Crippen molar-refractivity contribution in [1.29, 1.82) is 0 Å². The van der Waals surface area contributed by atoms with Gasteiger partial charge in [-0.3, -0.25) is 20.0 Å². The molecule has 10 nitrogen and oxygen atoms in total. The molecule has 7 unspecified atom stereocenters. The van der Waals surface area contributed by atoms with Gasteiger partial charge in [-0.25, -0.2) is 15.2 Å². The van der Waals surface area contributed by atoms with Crippen molar-refractivity contribution >= 4 is 12.2 Å². The van der Waals surface area contributed by atoms with E-state index < -0.39 is 49.2 Å². The average molecular weight is 496 g/mol. The first-order chi connectivity index (χ1) is 16.1. The first-order valence-electron chi connectivity index (χ1n) is 11.6. The zero-order chi connectivity index (χ0) is 24.5. The van der Waals surface area contributed by atoms with Gasteiger partial charge in [0.1, 0.15) is 18.4 Å². The molecule has 4 rings (SSSR count). The Kier molecular flexibility index (Phi) is 7.94. The first-order valence-corrected chi connectivity index (χ1v) is 11.6. The standard InChI is InChI=1S/C20H33F4N7O3/c1-34-14-3-2-11(21)4-10(14)5-25-19(33)16-15-17(26-9-27-18(15)30-29-16)28-12-6-31(7-13(12)32)8-20(22,23)24/h9-18,28-30,32H,2-8H2,1H3,(H,25,33)(H,26,27)/t10?,11?,12-,13-,14?,15?,16?,17?,18?/m1/s1. The van der Waals surface area contributed by atoms with Crippen molar-refractivity contribution in [2.24, 2.45) is 16.8 Å². The molecule has 14 heteroatoms. The maximum Gasteiger partial charge on any atom is 0.401 e. The van der Waals surface area contributed by atoms with Crippen LogP contribution in [0.3, 0.4) is 0 Å². The van der Waals surface area contributed by atoms with Gasteiger partial charge in [0, 0.05) is 38.7 Å². The molecule has 0 aromatic heterocycles. The zero-order valence-electron chi connectivity index (χ0n) is 18.9. The second-order valence-corrected chi connectivity index (χ2v) is 9.55. The van der Waals surface area contributed by atoms with E-state index in [0.717, 1.165) is 4.90 Å². The molecule has 6 N–H and O–H groups in total. The van der Waals surface area contributed by atoms with Crippen LogP contribution in [0.15, 0.2) is 4.99 Å². The number of carbonyl (C=O) groups excluding carboxylic acids is 1. The fourth-order valence-corrected chi connectivity index (χ4v) is 5.46. The minimum absolute atomic E-state index is 0.0136. The summed E-state index contributed by atoms with van der Waals surface area (Å²) in [5.41, 5.74) is 5.96. The number of ether oxygens (including phenoxy) is 1. The van der Waals surface area contributed by atoms with Crippen molar-refractivity contribution in [2.45, 2.75) is 68.2 Å². The number of rotatable bonds is 7. The number of aliphatic hydroxyl groups excluding tert-OH is 1. The molecule has 0 bridgehead atoms. The maximum atomic E-state index is 13.9. The predicted molar refractivity (Wildman–Crippen MR) is 114 cm³/mol. The molecule has 0 aromatic rings. The lowest BCUT2D eigenvalue weighted by atomic mass is 9.85. The number of hydrogen-bond acceptors (Lipinski definition) is 9. The number of aliphatic hydroxyl groups is 1. The lowest BCUT2D eigenvalue weighted by Gasteiger charge is -2.35. The summed E-state index contributed by atoms with van der Waals surface area (Å²) in [6.07, 6.45) is -4.50. The Morgan fingerprint density at radius 3 is 2.82 bits per heavy atom. The van der Waals surface area contributed by atoms with Gasteiger partial charge >= 0.3 is 6.18 Å². The molecule has 4 aliphatic rings. The molecule has 2 saturated heterocycles. The number of carbonyl (C=O) groups is 1. The molecular weight excluding hydrogens is 462 g/mol. The Bertz CT molecular complexity index is 745. The number of methoxy groups -OCH3 is 1. The summed E-state index contributed by atoms with van der Waals surface area (Å²) in [7, 11) is 1.58. The largest absolute Gasteiger partial charge is 0.401 e. The van der Waals surface area contributed by atoms with Gasteiger partial charge in [0.25, 0.3) is 0 Å². The first kappa shape index (κ1) is 25.5. The summed E-state index contributed by atoms with van der Waals surface area (Å²) < 4.78 is 57.6. The summed E-state index contributed by atoms with van der Waals surface area (Å²) >= 11 is 0. The van der Waals surface area contributed by atoms with Crippen LogP contribution in [0.4, 0.5) is 17.6 Å². The monoisotopic (exact) mass is 495 g/mol. The molecule has 0 radical (unpaired) electrons. The van der Waals surface area contributed by atoms with Crippen LogP contribution in [0.25, 0.3) is 0 Å². The van der Waals surface area contributed by atoms with Crippen LogP contribution in [0.1, 0.15) is 19.3 Å². The molecule has 9 atom stereocenters. The topological polar surface area (TPSA) is 122 Å². The molecule has 3 fully saturated rings. The normalized spacial score (nSPS) is 40.7. The van der Waals surface area contributed by atoms with E-state index in [-0.39, 0.29) is 43.7 Å². The highest BCUT2D eigenvalue weighted by Crippen LogP contribution is 2.29. The summed E-state index contributed by atoms with van der Waals surface area (Å²) in [4.78, 5) is 18.5. The lowest BCUT2D eigenvalue weighted by molar-refractivity contribution is -0.144. The van der Waals surface area contributed by atoms with E-state index in [1.54, 1.807) is 7.11 Å². The van der Waals surface area contributed by atoms with E-state index in [9.17, 15) is 27.5 Å². The van der Waals surface area contributed by atoms with Gasteiger partial charge < -0.3 is 20.5 Å². The zero-order valence-corrected chi connectivity index (χ0v) is 18.9. The lowest BCUT2D eigenvalue weighted by Crippen LogP contribution is -2.59. The number of amides is 1. The molecule has 1 aliphatic carbocycles. The third-order valence-electron chi connectivity index (χ3n) is 7.14. The van der Waals surface area contributed by atoms with Crippen molar-refractivity contribution in [3.8, 4) is 0 Å². The van der Waals surface area contributed by atoms with Crippen molar-refractivity contribution in [3.63, 3.8) is 0 Å². The minimum atomic E-state index is -4.35. The highest BCUT2D eigenvalue weighted by Gasteiger charge is 2.48. The van der Waals surface area contributed by atoms with Gasteiger partial charge in [0.2, 0.25) is 5.91 Å². The summed E-state index contributed by atoms with van der Waals surface area (Å²) in [5, 5.41) is 19.4. The smallest absolute Gasteiger partial charge is 0.390 e. The van der Waals surface area contributed by atoms with Gasteiger partial charge in [0.05, 0.1) is 37.2 Å².